The molecule has 0 saturated heterocycles. The van der Waals surface area contributed by atoms with Gasteiger partial charge in [-0.05, 0) is 50.3 Å². The molecule has 2 aromatic rings. The topological polar surface area (TPSA) is 230 Å². The van der Waals surface area contributed by atoms with Gasteiger partial charge >= 0.3 is 11.9 Å². The molecular weight excluding hydrogens is 592 g/mol. The molecule has 0 aliphatic rings. The van der Waals surface area contributed by atoms with Gasteiger partial charge in [0.15, 0.2) is 0 Å². The Kier molecular flexibility index (Phi) is 17.6. The Morgan fingerprint density at radius 1 is 0.913 bits per heavy atom. The number of rotatable bonds is 25. The van der Waals surface area contributed by atoms with Gasteiger partial charge in [-0.1, -0.05) is 50.8 Å². The van der Waals surface area contributed by atoms with E-state index < -0.39 is 41.8 Å². The average Bonchev–Trinajstić information content (AvgIpc) is 3.42. The van der Waals surface area contributed by atoms with E-state index in [4.69, 9.17) is 16.6 Å². The van der Waals surface area contributed by atoms with Crippen LogP contribution in [-0.4, -0.2) is 82.5 Å². The SMILES string of the molecule is CCCCCC[C@H](N)CNCC[C@H](N)C(=O)C[C@H](Cc1c[nH]c2ccccc12)C(=O)NCC[C@@H](NC(=O)CCCC(=O)O)C(=O)O. The second-order valence-corrected chi connectivity index (χ2v) is 11.9. The number of nitrogens with two attached hydrogens (primary N) is 2. The quantitative estimate of drug-likeness (QED) is 0.0735. The van der Waals surface area contributed by atoms with Gasteiger partial charge in [0.1, 0.15) is 11.8 Å². The number of aliphatic carboxylic acids is 2. The molecule has 0 aliphatic carbocycles. The second-order valence-electron chi connectivity index (χ2n) is 11.9. The first-order valence-corrected chi connectivity index (χ1v) is 16.3. The molecule has 2 amide bonds. The average molecular weight is 645 g/mol. The number of hydrogen-bond acceptors (Lipinski definition) is 8. The lowest BCUT2D eigenvalue weighted by Crippen LogP contribution is -2.44. The first kappa shape index (κ1) is 38.4. The number of carboxylic acids is 2. The molecule has 1 heterocycles. The smallest absolute Gasteiger partial charge is 0.326 e. The van der Waals surface area contributed by atoms with Gasteiger partial charge < -0.3 is 42.6 Å². The van der Waals surface area contributed by atoms with Gasteiger partial charge in [0, 0.05) is 61.4 Å². The number of aromatic amines is 1. The molecule has 0 fully saturated rings. The highest BCUT2D eigenvalue weighted by Gasteiger charge is 2.27. The van der Waals surface area contributed by atoms with Gasteiger partial charge in [-0.2, -0.15) is 0 Å². The van der Waals surface area contributed by atoms with E-state index in [1.165, 1.54) is 19.3 Å². The van der Waals surface area contributed by atoms with E-state index in [1.54, 1.807) is 0 Å². The number of H-pyrrole nitrogens is 1. The summed E-state index contributed by atoms with van der Waals surface area (Å²) < 4.78 is 0. The van der Waals surface area contributed by atoms with Crippen molar-refractivity contribution in [3.63, 3.8) is 0 Å². The fourth-order valence-corrected chi connectivity index (χ4v) is 5.27. The summed E-state index contributed by atoms with van der Waals surface area (Å²) >= 11 is 0. The van der Waals surface area contributed by atoms with Gasteiger partial charge in [0.05, 0.1) is 6.04 Å². The lowest BCUT2D eigenvalue weighted by atomic mass is 9.90. The van der Waals surface area contributed by atoms with E-state index in [1.807, 2.05) is 30.5 Å². The summed E-state index contributed by atoms with van der Waals surface area (Å²) in [6, 6.07) is 5.64. The molecule has 2 rings (SSSR count). The number of unbranched alkanes of at least 4 members (excludes halogenated alkanes) is 3. The zero-order valence-corrected chi connectivity index (χ0v) is 26.9. The van der Waals surface area contributed by atoms with Crippen molar-refractivity contribution in [1.29, 1.82) is 0 Å². The predicted octanol–water partition coefficient (Wildman–Crippen LogP) is 2.22. The van der Waals surface area contributed by atoms with Crippen molar-refractivity contribution in [2.45, 2.75) is 102 Å². The summed E-state index contributed by atoms with van der Waals surface area (Å²) in [4.78, 5) is 64.2. The molecule has 0 bridgehead atoms. The van der Waals surface area contributed by atoms with E-state index in [-0.39, 0.29) is 56.9 Å². The minimum absolute atomic E-state index is 0.0408. The first-order valence-electron chi connectivity index (χ1n) is 16.3. The van der Waals surface area contributed by atoms with Crippen molar-refractivity contribution < 1.29 is 34.2 Å². The van der Waals surface area contributed by atoms with Crippen molar-refractivity contribution in [2.24, 2.45) is 17.4 Å². The molecule has 0 spiro atoms. The van der Waals surface area contributed by atoms with Crippen LogP contribution in [0.25, 0.3) is 10.9 Å². The van der Waals surface area contributed by atoms with Gasteiger partial charge in [-0.3, -0.25) is 19.2 Å². The number of benzene rings is 1. The van der Waals surface area contributed by atoms with Gasteiger partial charge in [-0.25, -0.2) is 4.79 Å². The van der Waals surface area contributed by atoms with Crippen molar-refractivity contribution in [3.05, 3.63) is 36.0 Å². The van der Waals surface area contributed by atoms with Crippen molar-refractivity contribution in [1.82, 2.24) is 20.9 Å². The number of carbonyl (C=O) groups excluding carboxylic acids is 3. The summed E-state index contributed by atoms with van der Waals surface area (Å²) in [5.41, 5.74) is 14.2. The van der Waals surface area contributed by atoms with E-state index >= 15 is 0 Å². The highest BCUT2D eigenvalue weighted by Crippen LogP contribution is 2.23. The fraction of sp³-hybridized carbons (Fsp3) is 0.606. The minimum Gasteiger partial charge on any atom is -0.481 e. The van der Waals surface area contributed by atoms with Crippen LogP contribution in [0.4, 0.5) is 0 Å². The number of hydrogen-bond donors (Lipinski definition) is 8. The highest BCUT2D eigenvalue weighted by molar-refractivity contribution is 5.91. The van der Waals surface area contributed by atoms with Crippen molar-refractivity contribution in [2.75, 3.05) is 19.6 Å². The van der Waals surface area contributed by atoms with Crippen LogP contribution in [0.3, 0.4) is 0 Å². The summed E-state index contributed by atoms with van der Waals surface area (Å²) in [6.07, 6.45) is 7.62. The number of para-hydroxylation sites is 1. The molecule has 10 N–H and O–H groups in total. The fourth-order valence-electron chi connectivity index (χ4n) is 5.27. The predicted molar refractivity (Wildman–Crippen MR) is 176 cm³/mol. The molecule has 13 heteroatoms. The zero-order valence-electron chi connectivity index (χ0n) is 26.9. The molecule has 256 valence electrons. The van der Waals surface area contributed by atoms with Gasteiger partial charge in [-0.15, -0.1) is 0 Å². The monoisotopic (exact) mass is 644 g/mol. The Labute approximate surface area is 270 Å². The molecule has 0 radical (unpaired) electrons. The number of fused-ring (bicyclic) bond motifs is 1. The van der Waals surface area contributed by atoms with Crippen molar-refractivity contribution >= 4 is 40.4 Å². The van der Waals surface area contributed by atoms with E-state index in [9.17, 15) is 29.1 Å². The highest BCUT2D eigenvalue weighted by atomic mass is 16.4. The largest absolute Gasteiger partial charge is 0.481 e. The normalized spacial score (nSPS) is 13.9. The maximum absolute atomic E-state index is 13.4. The lowest BCUT2D eigenvalue weighted by Gasteiger charge is -2.20. The van der Waals surface area contributed by atoms with Crippen LogP contribution >= 0.6 is 0 Å². The van der Waals surface area contributed by atoms with Crippen LogP contribution in [-0.2, 0) is 30.4 Å². The van der Waals surface area contributed by atoms with Crippen LogP contribution in [0.1, 0.15) is 83.1 Å². The minimum atomic E-state index is -1.27. The third-order valence-corrected chi connectivity index (χ3v) is 8.00. The standard InChI is InChI=1S/C33H52N6O7/c1-2-3-4-5-9-24(34)21-36-16-14-26(35)29(40)19-22(18-23-20-38-27-11-7-6-10-25(23)27)32(44)37-17-15-28(33(45)46)39-30(41)12-8-13-31(42)43/h6-7,10-11,20,22,24,26,28,36,38H,2-5,8-9,12-19,21,34-35H2,1H3,(H,37,44)(H,39,41)(H,42,43)(H,45,46)/t22-,24-,26-,28+/m0/s1. The molecule has 1 aromatic carbocycles. The summed E-state index contributed by atoms with van der Waals surface area (Å²) in [5, 5.41) is 27.6. The van der Waals surface area contributed by atoms with E-state index in [2.05, 4.69) is 27.9 Å². The molecule has 0 saturated carbocycles. The number of nitrogens with one attached hydrogen (secondary N) is 4. The summed E-state index contributed by atoms with van der Waals surface area (Å²) in [6.45, 7) is 3.27. The Morgan fingerprint density at radius 3 is 2.39 bits per heavy atom. The number of Topliss-reactive ketones (excluding diaryl/α,β-unsaturated/α-hetero) is 1. The maximum Gasteiger partial charge on any atom is 0.326 e. The molecule has 46 heavy (non-hydrogen) atoms. The van der Waals surface area contributed by atoms with Crippen LogP contribution in [0, 0.1) is 5.92 Å². The summed E-state index contributed by atoms with van der Waals surface area (Å²) in [7, 11) is 0. The number of ketones is 1. The number of amides is 2. The molecule has 13 nitrogen and oxygen atoms in total. The Hall–Kier alpha value is -3.81. The van der Waals surface area contributed by atoms with E-state index in [0.717, 1.165) is 29.3 Å². The Bertz CT molecular complexity index is 1270. The lowest BCUT2D eigenvalue weighted by molar-refractivity contribution is -0.142. The molecule has 4 atom stereocenters. The van der Waals surface area contributed by atoms with Crippen LogP contribution in [0.5, 0.6) is 0 Å². The first-order chi connectivity index (χ1) is 22.0. The molecular formula is C33H52N6O7. The van der Waals surface area contributed by atoms with E-state index in [0.29, 0.717) is 19.5 Å². The number of carbonyl (C=O) groups is 5. The van der Waals surface area contributed by atoms with Crippen LogP contribution < -0.4 is 27.4 Å². The third kappa shape index (κ3) is 14.5. The van der Waals surface area contributed by atoms with Gasteiger partial charge in [0.2, 0.25) is 11.8 Å². The Morgan fingerprint density at radius 2 is 1.67 bits per heavy atom. The molecule has 0 aliphatic heterocycles. The second kappa shape index (κ2) is 21.1. The van der Waals surface area contributed by atoms with Crippen LogP contribution in [0.2, 0.25) is 0 Å². The number of aromatic nitrogens is 1. The summed E-state index contributed by atoms with van der Waals surface area (Å²) in [5.74, 6) is -4.32. The van der Waals surface area contributed by atoms with Crippen molar-refractivity contribution in [3.8, 4) is 0 Å². The third-order valence-electron chi connectivity index (χ3n) is 8.00. The number of carboxylic acid groups (broad SMARTS) is 2. The maximum atomic E-state index is 13.4. The molecule has 1 aromatic heterocycles. The van der Waals surface area contributed by atoms with Gasteiger partial charge in [0.25, 0.3) is 0 Å². The molecule has 0 unspecified atom stereocenters. The van der Waals surface area contributed by atoms with Crippen LogP contribution in [0.15, 0.2) is 30.5 Å². The zero-order chi connectivity index (χ0) is 33.9. The Balaban J connectivity index is 1.95.